The molecule has 0 atom stereocenters. The summed E-state index contributed by atoms with van der Waals surface area (Å²) in [6.45, 7) is 6.43. The fraction of sp³-hybridized carbons (Fsp3) is 0.643. The number of anilines is 1. The SMILES string of the molecule is CCNc1ncccc1CN1CCC(CO)CC1. The van der Waals surface area contributed by atoms with Crippen molar-refractivity contribution in [2.45, 2.75) is 26.3 Å². The van der Waals surface area contributed by atoms with Crippen LogP contribution in [0.1, 0.15) is 25.3 Å². The molecule has 0 aromatic carbocycles. The summed E-state index contributed by atoms with van der Waals surface area (Å²) in [6, 6.07) is 4.14. The Kier molecular flexibility index (Phi) is 4.96. The minimum absolute atomic E-state index is 0.337. The van der Waals surface area contributed by atoms with E-state index in [-0.39, 0.29) is 0 Å². The van der Waals surface area contributed by atoms with Gasteiger partial charge in [-0.15, -0.1) is 0 Å². The summed E-state index contributed by atoms with van der Waals surface area (Å²) in [4.78, 5) is 6.84. The monoisotopic (exact) mass is 249 g/mol. The van der Waals surface area contributed by atoms with Crippen LogP contribution >= 0.6 is 0 Å². The van der Waals surface area contributed by atoms with E-state index in [0.29, 0.717) is 12.5 Å². The van der Waals surface area contributed by atoms with Crippen LogP contribution in [-0.2, 0) is 6.54 Å². The molecular formula is C14H23N3O. The first kappa shape index (κ1) is 13.3. The molecule has 2 rings (SSSR count). The number of hydrogen-bond donors (Lipinski definition) is 2. The van der Waals surface area contributed by atoms with Crippen LogP contribution in [0.3, 0.4) is 0 Å². The fourth-order valence-corrected chi connectivity index (χ4v) is 2.46. The van der Waals surface area contributed by atoms with E-state index >= 15 is 0 Å². The molecule has 1 fully saturated rings. The standard InChI is InChI=1S/C14H23N3O/c1-2-15-14-13(4-3-7-16-14)10-17-8-5-12(11-18)6-9-17/h3-4,7,12,18H,2,5-6,8-11H2,1H3,(H,15,16). The van der Waals surface area contributed by atoms with Gasteiger partial charge in [0.1, 0.15) is 5.82 Å². The Morgan fingerprint density at radius 1 is 1.44 bits per heavy atom. The van der Waals surface area contributed by atoms with Gasteiger partial charge in [-0.25, -0.2) is 4.98 Å². The Labute approximate surface area is 109 Å². The second kappa shape index (κ2) is 6.71. The van der Waals surface area contributed by atoms with Gasteiger partial charge in [0, 0.05) is 31.5 Å². The van der Waals surface area contributed by atoms with E-state index in [1.807, 2.05) is 12.3 Å². The predicted octanol–water partition coefficient (Wildman–Crippen LogP) is 1.72. The zero-order valence-electron chi connectivity index (χ0n) is 11.1. The van der Waals surface area contributed by atoms with E-state index in [4.69, 9.17) is 5.11 Å². The number of pyridine rings is 1. The third-order valence-corrected chi connectivity index (χ3v) is 3.59. The molecule has 1 aromatic rings. The Bertz CT molecular complexity index is 362. The van der Waals surface area contributed by atoms with Gasteiger partial charge in [0.15, 0.2) is 0 Å². The molecule has 2 N–H and O–H groups in total. The molecule has 2 heterocycles. The maximum absolute atomic E-state index is 9.14. The maximum Gasteiger partial charge on any atom is 0.130 e. The molecule has 1 aliphatic heterocycles. The first-order valence-corrected chi connectivity index (χ1v) is 6.84. The Morgan fingerprint density at radius 3 is 2.89 bits per heavy atom. The number of rotatable bonds is 5. The molecule has 18 heavy (non-hydrogen) atoms. The highest BCUT2D eigenvalue weighted by molar-refractivity contribution is 5.43. The zero-order chi connectivity index (χ0) is 12.8. The lowest BCUT2D eigenvalue weighted by Crippen LogP contribution is -2.34. The second-order valence-corrected chi connectivity index (χ2v) is 4.94. The van der Waals surface area contributed by atoms with Crippen molar-refractivity contribution in [3.8, 4) is 0 Å². The lowest BCUT2D eigenvalue weighted by molar-refractivity contribution is 0.127. The maximum atomic E-state index is 9.14. The predicted molar refractivity (Wildman–Crippen MR) is 73.5 cm³/mol. The van der Waals surface area contributed by atoms with Crippen molar-refractivity contribution in [1.29, 1.82) is 0 Å². The van der Waals surface area contributed by atoms with Gasteiger partial charge >= 0.3 is 0 Å². The smallest absolute Gasteiger partial charge is 0.130 e. The topological polar surface area (TPSA) is 48.4 Å². The second-order valence-electron chi connectivity index (χ2n) is 4.94. The summed E-state index contributed by atoms with van der Waals surface area (Å²) in [6.07, 6.45) is 4.04. The average Bonchev–Trinajstić information content (AvgIpc) is 2.42. The van der Waals surface area contributed by atoms with Crippen LogP contribution in [0.15, 0.2) is 18.3 Å². The molecule has 0 aliphatic carbocycles. The van der Waals surface area contributed by atoms with Crippen LogP contribution in [0.25, 0.3) is 0 Å². The third kappa shape index (κ3) is 3.43. The zero-order valence-corrected chi connectivity index (χ0v) is 11.1. The van der Waals surface area contributed by atoms with Gasteiger partial charge in [0.25, 0.3) is 0 Å². The normalized spacial score (nSPS) is 17.9. The first-order valence-electron chi connectivity index (χ1n) is 6.84. The van der Waals surface area contributed by atoms with E-state index in [2.05, 4.69) is 28.2 Å². The first-order chi connectivity index (χ1) is 8.83. The minimum Gasteiger partial charge on any atom is -0.396 e. The van der Waals surface area contributed by atoms with Gasteiger partial charge in [-0.3, -0.25) is 4.90 Å². The largest absolute Gasteiger partial charge is 0.396 e. The van der Waals surface area contributed by atoms with Crippen molar-refractivity contribution in [3.05, 3.63) is 23.9 Å². The number of aliphatic hydroxyl groups excluding tert-OH is 1. The van der Waals surface area contributed by atoms with Gasteiger partial charge in [0.2, 0.25) is 0 Å². The number of nitrogens with one attached hydrogen (secondary N) is 1. The Hall–Kier alpha value is -1.13. The molecule has 0 saturated carbocycles. The Morgan fingerprint density at radius 2 is 2.22 bits per heavy atom. The quantitative estimate of drug-likeness (QED) is 0.834. The van der Waals surface area contributed by atoms with Crippen LogP contribution in [0.5, 0.6) is 0 Å². The van der Waals surface area contributed by atoms with Gasteiger partial charge in [-0.05, 0) is 44.8 Å². The number of likely N-dealkylation sites (tertiary alicyclic amines) is 1. The molecule has 0 radical (unpaired) electrons. The molecule has 0 unspecified atom stereocenters. The summed E-state index contributed by atoms with van der Waals surface area (Å²) < 4.78 is 0. The van der Waals surface area contributed by atoms with E-state index in [1.165, 1.54) is 5.56 Å². The summed E-state index contributed by atoms with van der Waals surface area (Å²) in [5, 5.41) is 12.5. The lowest BCUT2D eigenvalue weighted by atomic mass is 9.97. The van der Waals surface area contributed by atoms with E-state index in [9.17, 15) is 0 Å². The number of piperidine rings is 1. The summed E-state index contributed by atoms with van der Waals surface area (Å²) in [7, 11) is 0. The highest BCUT2D eigenvalue weighted by atomic mass is 16.3. The number of aliphatic hydroxyl groups is 1. The highest BCUT2D eigenvalue weighted by Gasteiger charge is 2.19. The van der Waals surface area contributed by atoms with Crippen molar-refractivity contribution in [3.63, 3.8) is 0 Å². The molecule has 1 aromatic heterocycles. The third-order valence-electron chi connectivity index (χ3n) is 3.59. The average molecular weight is 249 g/mol. The Balaban J connectivity index is 1.93. The summed E-state index contributed by atoms with van der Waals surface area (Å²) in [5.74, 6) is 1.51. The molecule has 4 heteroatoms. The van der Waals surface area contributed by atoms with Gasteiger partial charge in [-0.2, -0.15) is 0 Å². The number of aromatic nitrogens is 1. The van der Waals surface area contributed by atoms with E-state index in [0.717, 1.165) is 44.8 Å². The van der Waals surface area contributed by atoms with Crippen molar-refractivity contribution >= 4 is 5.82 Å². The molecule has 0 amide bonds. The van der Waals surface area contributed by atoms with Crippen LogP contribution in [-0.4, -0.2) is 41.2 Å². The fourth-order valence-electron chi connectivity index (χ4n) is 2.46. The van der Waals surface area contributed by atoms with Gasteiger partial charge in [-0.1, -0.05) is 6.07 Å². The van der Waals surface area contributed by atoms with Gasteiger partial charge < -0.3 is 10.4 Å². The molecular weight excluding hydrogens is 226 g/mol. The minimum atomic E-state index is 0.337. The summed E-state index contributed by atoms with van der Waals surface area (Å²) >= 11 is 0. The molecule has 1 saturated heterocycles. The molecule has 1 aliphatic rings. The van der Waals surface area contributed by atoms with Crippen LogP contribution in [0.4, 0.5) is 5.82 Å². The van der Waals surface area contributed by atoms with Crippen LogP contribution < -0.4 is 5.32 Å². The van der Waals surface area contributed by atoms with Gasteiger partial charge in [0.05, 0.1) is 0 Å². The van der Waals surface area contributed by atoms with E-state index in [1.54, 1.807) is 0 Å². The molecule has 4 nitrogen and oxygen atoms in total. The van der Waals surface area contributed by atoms with E-state index < -0.39 is 0 Å². The summed E-state index contributed by atoms with van der Waals surface area (Å²) in [5.41, 5.74) is 1.27. The van der Waals surface area contributed by atoms with Crippen molar-refractivity contribution in [2.24, 2.45) is 5.92 Å². The molecule has 0 bridgehead atoms. The number of hydrogen-bond acceptors (Lipinski definition) is 4. The number of nitrogens with zero attached hydrogens (tertiary/aromatic N) is 2. The van der Waals surface area contributed by atoms with Crippen LogP contribution in [0, 0.1) is 5.92 Å². The van der Waals surface area contributed by atoms with Crippen molar-refractivity contribution in [1.82, 2.24) is 9.88 Å². The van der Waals surface area contributed by atoms with Crippen LogP contribution in [0.2, 0.25) is 0 Å². The molecule has 100 valence electrons. The van der Waals surface area contributed by atoms with Crippen molar-refractivity contribution < 1.29 is 5.11 Å². The highest BCUT2D eigenvalue weighted by Crippen LogP contribution is 2.20. The van der Waals surface area contributed by atoms with Crippen molar-refractivity contribution in [2.75, 3.05) is 31.6 Å². The molecule has 0 spiro atoms. The lowest BCUT2D eigenvalue weighted by Gasteiger charge is -2.31.